The van der Waals surface area contributed by atoms with E-state index in [1.165, 1.54) is 4.90 Å². The summed E-state index contributed by atoms with van der Waals surface area (Å²) < 4.78 is 10.4. The zero-order valence-corrected chi connectivity index (χ0v) is 10.3. The van der Waals surface area contributed by atoms with Gasteiger partial charge in [0.1, 0.15) is 6.61 Å². The average molecular weight is 241 g/mol. The molecule has 0 aromatic carbocycles. The van der Waals surface area contributed by atoms with Crippen molar-refractivity contribution in [2.45, 2.75) is 45.3 Å². The van der Waals surface area contributed by atoms with Gasteiger partial charge in [0.2, 0.25) is 5.91 Å². The van der Waals surface area contributed by atoms with Crippen LogP contribution in [0.2, 0.25) is 0 Å². The lowest BCUT2D eigenvalue weighted by atomic mass is 9.89. The zero-order chi connectivity index (χ0) is 12.4. The van der Waals surface area contributed by atoms with Crippen LogP contribution in [0.1, 0.15) is 33.1 Å². The Kier molecular flexibility index (Phi) is 3.66. The number of carbonyl (C=O) groups is 2. The minimum atomic E-state index is -0.497. The summed E-state index contributed by atoms with van der Waals surface area (Å²) in [4.78, 5) is 24.4. The fourth-order valence-electron chi connectivity index (χ4n) is 2.69. The van der Waals surface area contributed by atoms with Crippen LogP contribution in [0, 0.1) is 5.92 Å². The highest BCUT2D eigenvalue weighted by Crippen LogP contribution is 2.28. The van der Waals surface area contributed by atoms with Gasteiger partial charge in [-0.1, -0.05) is 0 Å². The van der Waals surface area contributed by atoms with Crippen LogP contribution in [0.15, 0.2) is 0 Å². The highest BCUT2D eigenvalue weighted by molar-refractivity contribution is 5.93. The van der Waals surface area contributed by atoms with Gasteiger partial charge in [-0.05, 0) is 32.6 Å². The lowest BCUT2D eigenvalue weighted by Crippen LogP contribution is -2.36. The molecule has 2 saturated heterocycles. The van der Waals surface area contributed by atoms with Crippen LogP contribution in [-0.4, -0.2) is 42.3 Å². The Labute approximate surface area is 101 Å². The van der Waals surface area contributed by atoms with E-state index in [2.05, 4.69) is 0 Å². The number of cyclic esters (lactones) is 1. The summed E-state index contributed by atoms with van der Waals surface area (Å²) in [6.45, 7) is 4.77. The normalized spacial score (nSPS) is 33.6. The highest BCUT2D eigenvalue weighted by atomic mass is 16.6. The van der Waals surface area contributed by atoms with E-state index in [0.29, 0.717) is 25.5 Å². The summed E-state index contributed by atoms with van der Waals surface area (Å²) in [5.74, 6) is 0.202. The van der Waals surface area contributed by atoms with Gasteiger partial charge in [0.05, 0.1) is 18.8 Å². The molecule has 2 rings (SSSR count). The lowest BCUT2D eigenvalue weighted by Gasteiger charge is -2.32. The average Bonchev–Trinajstić information content (AvgIpc) is 2.62. The van der Waals surface area contributed by atoms with E-state index in [0.717, 1.165) is 12.8 Å². The minimum Gasteiger partial charge on any atom is -0.447 e. The molecule has 2 fully saturated rings. The molecule has 2 atom stereocenters. The van der Waals surface area contributed by atoms with Crippen molar-refractivity contribution in [3.05, 3.63) is 0 Å². The minimum absolute atomic E-state index is 0.112. The second kappa shape index (κ2) is 5.04. The third-order valence-corrected chi connectivity index (χ3v) is 3.32. The Morgan fingerprint density at radius 2 is 2.00 bits per heavy atom. The van der Waals surface area contributed by atoms with E-state index in [-0.39, 0.29) is 18.1 Å². The number of nitrogens with zero attached hydrogens (tertiary/aromatic N) is 1. The highest BCUT2D eigenvalue weighted by Gasteiger charge is 2.32. The Bertz CT molecular complexity index is 308. The number of imide groups is 1. The van der Waals surface area contributed by atoms with Gasteiger partial charge in [0, 0.05) is 6.42 Å². The standard InChI is InChI=1S/C12H19NO4/c1-8-5-10(6-9(2)17-8)7-11(14)13-3-4-16-12(13)15/h8-10H,3-7H2,1-2H3. The van der Waals surface area contributed by atoms with Gasteiger partial charge in [-0.3, -0.25) is 4.79 Å². The van der Waals surface area contributed by atoms with Crippen LogP contribution in [0.4, 0.5) is 4.79 Å². The number of hydrogen-bond donors (Lipinski definition) is 0. The first-order valence-electron chi connectivity index (χ1n) is 6.19. The van der Waals surface area contributed by atoms with Crippen LogP contribution >= 0.6 is 0 Å². The SMILES string of the molecule is CC1CC(CC(=O)N2CCOC2=O)CC(C)O1. The largest absolute Gasteiger partial charge is 0.447 e. The second-order valence-corrected chi connectivity index (χ2v) is 4.96. The van der Waals surface area contributed by atoms with Gasteiger partial charge >= 0.3 is 6.09 Å². The molecule has 96 valence electrons. The molecule has 17 heavy (non-hydrogen) atoms. The monoisotopic (exact) mass is 241 g/mol. The quantitative estimate of drug-likeness (QED) is 0.736. The molecule has 2 aliphatic heterocycles. The first-order valence-corrected chi connectivity index (χ1v) is 6.19. The lowest BCUT2D eigenvalue weighted by molar-refractivity contribution is -0.130. The topological polar surface area (TPSA) is 55.8 Å². The predicted octanol–water partition coefficient (Wildman–Crippen LogP) is 1.56. The van der Waals surface area contributed by atoms with Crippen molar-refractivity contribution in [3.8, 4) is 0 Å². The van der Waals surface area contributed by atoms with Crippen LogP contribution in [0.3, 0.4) is 0 Å². The fraction of sp³-hybridized carbons (Fsp3) is 0.833. The van der Waals surface area contributed by atoms with Gasteiger partial charge in [0.15, 0.2) is 0 Å². The Morgan fingerprint density at radius 1 is 1.35 bits per heavy atom. The molecule has 2 heterocycles. The third kappa shape index (κ3) is 2.97. The number of rotatable bonds is 2. The van der Waals surface area contributed by atoms with Gasteiger partial charge in [-0.25, -0.2) is 9.69 Å². The molecule has 2 amide bonds. The van der Waals surface area contributed by atoms with E-state index in [1.807, 2.05) is 13.8 Å². The maximum absolute atomic E-state index is 11.9. The van der Waals surface area contributed by atoms with Crippen LogP contribution in [0.5, 0.6) is 0 Å². The van der Waals surface area contributed by atoms with Gasteiger partial charge in [-0.2, -0.15) is 0 Å². The molecular formula is C12H19NO4. The van der Waals surface area contributed by atoms with Crippen LogP contribution in [0.25, 0.3) is 0 Å². The van der Waals surface area contributed by atoms with Crippen molar-refractivity contribution >= 4 is 12.0 Å². The Hall–Kier alpha value is -1.10. The number of hydrogen-bond acceptors (Lipinski definition) is 4. The van der Waals surface area contributed by atoms with E-state index in [1.54, 1.807) is 0 Å². The van der Waals surface area contributed by atoms with Gasteiger partial charge in [0.25, 0.3) is 0 Å². The van der Waals surface area contributed by atoms with E-state index >= 15 is 0 Å². The molecule has 0 N–H and O–H groups in total. The number of carbonyl (C=O) groups excluding carboxylic acids is 2. The van der Waals surface area contributed by atoms with Gasteiger partial charge < -0.3 is 9.47 Å². The Morgan fingerprint density at radius 3 is 2.53 bits per heavy atom. The maximum atomic E-state index is 11.9. The first-order chi connectivity index (χ1) is 8.06. The van der Waals surface area contributed by atoms with Gasteiger partial charge in [-0.15, -0.1) is 0 Å². The van der Waals surface area contributed by atoms with Crippen LogP contribution < -0.4 is 0 Å². The molecule has 0 spiro atoms. The van der Waals surface area contributed by atoms with Crippen molar-refractivity contribution in [2.24, 2.45) is 5.92 Å². The smallest absolute Gasteiger partial charge is 0.416 e. The summed E-state index contributed by atoms with van der Waals surface area (Å²) in [5, 5.41) is 0. The third-order valence-electron chi connectivity index (χ3n) is 3.32. The molecule has 0 radical (unpaired) electrons. The van der Waals surface area contributed by atoms with Crippen molar-refractivity contribution in [3.63, 3.8) is 0 Å². The first kappa shape index (κ1) is 12.4. The van der Waals surface area contributed by atoms with E-state index in [4.69, 9.17) is 9.47 Å². The van der Waals surface area contributed by atoms with E-state index in [9.17, 15) is 9.59 Å². The molecule has 0 aliphatic carbocycles. The molecular weight excluding hydrogens is 222 g/mol. The molecule has 2 aliphatic rings. The summed E-state index contributed by atoms with van der Waals surface area (Å²) in [5.41, 5.74) is 0. The number of ether oxygens (including phenoxy) is 2. The van der Waals surface area contributed by atoms with Crippen molar-refractivity contribution in [1.82, 2.24) is 4.90 Å². The summed E-state index contributed by atoms with van der Waals surface area (Å²) in [6, 6.07) is 0. The van der Waals surface area contributed by atoms with Crippen molar-refractivity contribution in [1.29, 1.82) is 0 Å². The summed E-state index contributed by atoms with van der Waals surface area (Å²) in [6.07, 6.45) is 2.10. The molecule has 2 unspecified atom stereocenters. The molecule has 0 aromatic heterocycles. The molecule has 0 aromatic rings. The molecule has 5 heteroatoms. The fourth-order valence-corrected chi connectivity index (χ4v) is 2.69. The van der Waals surface area contributed by atoms with Crippen molar-refractivity contribution in [2.75, 3.05) is 13.2 Å². The predicted molar refractivity (Wildman–Crippen MR) is 60.4 cm³/mol. The number of amides is 2. The molecule has 5 nitrogen and oxygen atoms in total. The second-order valence-electron chi connectivity index (χ2n) is 4.96. The van der Waals surface area contributed by atoms with E-state index < -0.39 is 6.09 Å². The van der Waals surface area contributed by atoms with Crippen molar-refractivity contribution < 1.29 is 19.1 Å². The Balaban J connectivity index is 1.87. The molecule has 0 bridgehead atoms. The zero-order valence-electron chi connectivity index (χ0n) is 10.3. The maximum Gasteiger partial charge on any atom is 0.416 e. The summed E-state index contributed by atoms with van der Waals surface area (Å²) in [7, 11) is 0. The van der Waals surface area contributed by atoms with Crippen LogP contribution in [-0.2, 0) is 14.3 Å². The summed E-state index contributed by atoms with van der Waals surface area (Å²) >= 11 is 0. The molecule has 0 saturated carbocycles.